The molecule has 96 valence electrons. The van der Waals surface area contributed by atoms with Crippen LogP contribution >= 0.6 is 31.9 Å². The summed E-state index contributed by atoms with van der Waals surface area (Å²) in [7, 11) is 0. The third-order valence-corrected chi connectivity index (χ3v) is 3.32. The Balaban J connectivity index is 2.36. The molecule has 0 amide bonds. The minimum atomic E-state index is -0.372. The highest BCUT2D eigenvalue weighted by atomic mass is 79.9. The second-order valence-electron chi connectivity index (χ2n) is 3.86. The lowest BCUT2D eigenvalue weighted by atomic mass is 10.1. The molecule has 0 aromatic heterocycles. The molecule has 1 aromatic carbocycles. The summed E-state index contributed by atoms with van der Waals surface area (Å²) in [5.41, 5.74) is 1.25. The number of hydrogen-bond donors (Lipinski definition) is 0. The molecular weight excluding hydrogens is 364 g/mol. The first kappa shape index (κ1) is 13.6. The van der Waals surface area contributed by atoms with Gasteiger partial charge in [-0.25, -0.2) is 4.79 Å². The van der Waals surface area contributed by atoms with Gasteiger partial charge in [-0.15, -0.1) is 0 Å². The Hall–Kier alpha value is -0.810. The molecule has 3 nitrogen and oxygen atoms in total. The quantitative estimate of drug-likeness (QED) is 0.576. The van der Waals surface area contributed by atoms with E-state index in [2.05, 4.69) is 38.8 Å². The van der Waals surface area contributed by atoms with Crippen LogP contribution in [-0.2, 0) is 4.74 Å². The standard InChI is InChI=1S/C13H12Br2O3/c1-2-3-7-17-9-6-4-5-8-10(9)13(16)18-11(8)12(14)15/h4-6H,2-3,7H2,1H3. The Morgan fingerprint density at radius 1 is 1.39 bits per heavy atom. The number of ether oxygens (including phenoxy) is 2. The topological polar surface area (TPSA) is 35.5 Å². The van der Waals surface area contributed by atoms with Crippen LogP contribution < -0.4 is 4.74 Å². The van der Waals surface area contributed by atoms with Gasteiger partial charge < -0.3 is 9.47 Å². The zero-order valence-electron chi connectivity index (χ0n) is 9.83. The molecule has 1 aliphatic heterocycles. The van der Waals surface area contributed by atoms with E-state index in [9.17, 15) is 4.79 Å². The molecule has 1 aliphatic rings. The van der Waals surface area contributed by atoms with Gasteiger partial charge in [0.1, 0.15) is 14.7 Å². The molecule has 18 heavy (non-hydrogen) atoms. The van der Waals surface area contributed by atoms with E-state index in [1.807, 2.05) is 12.1 Å². The fourth-order valence-corrected chi connectivity index (χ4v) is 2.31. The predicted molar refractivity (Wildman–Crippen MR) is 77.0 cm³/mol. The lowest BCUT2D eigenvalue weighted by Gasteiger charge is -2.07. The van der Waals surface area contributed by atoms with Gasteiger partial charge in [0, 0.05) is 5.56 Å². The molecule has 0 aliphatic carbocycles. The summed E-state index contributed by atoms with van der Waals surface area (Å²) in [6.45, 7) is 2.70. The zero-order chi connectivity index (χ0) is 13.1. The Labute approximate surface area is 122 Å². The highest BCUT2D eigenvalue weighted by Crippen LogP contribution is 2.40. The van der Waals surface area contributed by atoms with Crippen LogP contribution in [0.1, 0.15) is 35.7 Å². The van der Waals surface area contributed by atoms with Gasteiger partial charge in [-0.3, -0.25) is 0 Å². The van der Waals surface area contributed by atoms with Gasteiger partial charge in [-0.05, 0) is 44.3 Å². The van der Waals surface area contributed by atoms with E-state index in [0.717, 1.165) is 18.4 Å². The lowest BCUT2D eigenvalue weighted by Crippen LogP contribution is -2.02. The van der Waals surface area contributed by atoms with Gasteiger partial charge in [-0.1, -0.05) is 25.5 Å². The average molecular weight is 376 g/mol. The third-order valence-electron chi connectivity index (χ3n) is 2.60. The van der Waals surface area contributed by atoms with Crippen molar-refractivity contribution in [3.8, 4) is 5.75 Å². The number of unbranched alkanes of at least 4 members (excludes halogenated alkanes) is 1. The molecule has 0 fully saturated rings. The number of esters is 1. The number of cyclic esters (lactones) is 1. The molecule has 0 atom stereocenters. The second-order valence-corrected chi connectivity index (χ2v) is 6.51. The Bertz CT molecular complexity index is 505. The largest absolute Gasteiger partial charge is 0.493 e. The van der Waals surface area contributed by atoms with Gasteiger partial charge >= 0.3 is 5.97 Å². The average Bonchev–Trinajstić information content (AvgIpc) is 2.68. The number of benzene rings is 1. The van der Waals surface area contributed by atoms with Crippen molar-refractivity contribution in [2.24, 2.45) is 0 Å². The van der Waals surface area contributed by atoms with Gasteiger partial charge in [0.2, 0.25) is 0 Å². The van der Waals surface area contributed by atoms with E-state index in [4.69, 9.17) is 9.47 Å². The number of fused-ring (bicyclic) bond motifs is 1. The van der Waals surface area contributed by atoms with Gasteiger partial charge in [-0.2, -0.15) is 0 Å². The highest BCUT2D eigenvalue weighted by Gasteiger charge is 2.31. The highest BCUT2D eigenvalue weighted by molar-refractivity contribution is 9.28. The zero-order valence-corrected chi connectivity index (χ0v) is 13.0. The van der Waals surface area contributed by atoms with Crippen molar-refractivity contribution in [3.05, 3.63) is 32.7 Å². The Morgan fingerprint density at radius 3 is 2.83 bits per heavy atom. The molecule has 0 saturated heterocycles. The first-order chi connectivity index (χ1) is 8.65. The maximum Gasteiger partial charge on any atom is 0.348 e. The summed E-state index contributed by atoms with van der Waals surface area (Å²) in [5, 5.41) is 0. The van der Waals surface area contributed by atoms with Crippen LogP contribution in [0.25, 0.3) is 5.76 Å². The number of halogens is 2. The molecule has 2 rings (SSSR count). The first-order valence-electron chi connectivity index (χ1n) is 5.68. The molecule has 1 heterocycles. The molecule has 0 radical (unpaired) electrons. The maximum absolute atomic E-state index is 11.9. The minimum Gasteiger partial charge on any atom is -0.493 e. The summed E-state index contributed by atoms with van der Waals surface area (Å²) in [6.07, 6.45) is 2.02. The number of carbonyl (C=O) groups excluding carboxylic acids is 1. The molecular formula is C13H12Br2O3. The van der Waals surface area contributed by atoms with E-state index in [1.54, 1.807) is 6.07 Å². The second kappa shape index (κ2) is 5.89. The van der Waals surface area contributed by atoms with Gasteiger partial charge in [0.25, 0.3) is 0 Å². The summed E-state index contributed by atoms with van der Waals surface area (Å²) in [4.78, 5) is 11.9. The van der Waals surface area contributed by atoms with Crippen LogP contribution in [0, 0.1) is 0 Å². The van der Waals surface area contributed by atoms with Crippen LogP contribution in [0.4, 0.5) is 0 Å². The van der Waals surface area contributed by atoms with E-state index in [0.29, 0.717) is 27.1 Å². The van der Waals surface area contributed by atoms with Gasteiger partial charge in [0.15, 0.2) is 5.76 Å². The molecule has 5 heteroatoms. The van der Waals surface area contributed by atoms with Crippen LogP contribution in [0.2, 0.25) is 0 Å². The van der Waals surface area contributed by atoms with Crippen molar-refractivity contribution in [2.45, 2.75) is 19.8 Å². The van der Waals surface area contributed by atoms with E-state index < -0.39 is 0 Å². The summed E-state index contributed by atoms with van der Waals surface area (Å²) in [6, 6.07) is 5.48. The fourth-order valence-electron chi connectivity index (χ4n) is 1.72. The van der Waals surface area contributed by atoms with Crippen molar-refractivity contribution in [1.29, 1.82) is 0 Å². The first-order valence-corrected chi connectivity index (χ1v) is 7.27. The smallest absolute Gasteiger partial charge is 0.348 e. The van der Waals surface area contributed by atoms with Crippen molar-refractivity contribution in [1.82, 2.24) is 0 Å². The fraction of sp³-hybridized carbons (Fsp3) is 0.308. The van der Waals surface area contributed by atoms with Crippen LogP contribution in [0.3, 0.4) is 0 Å². The van der Waals surface area contributed by atoms with E-state index in [1.165, 1.54) is 0 Å². The summed E-state index contributed by atoms with van der Waals surface area (Å²) < 4.78 is 11.5. The molecule has 0 N–H and O–H groups in total. The van der Waals surface area contributed by atoms with Crippen molar-refractivity contribution in [2.75, 3.05) is 6.61 Å². The molecule has 0 unspecified atom stereocenters. The lowest BCUT2D eigenvalue weighted by molar-refractivity contribution is 0.0712. The maximum atomic E-state index is 11.9. The molecule has 0 saturated carbocycles. The summed E-state index contributed by atoms with van der Waals surface area (Å²) in [5.74, 6) is 0.710. The van der Waals surface area contributed by atoms with Crippen LogP contribution in [0.15, 0.2) is 21.6 Å². The Morgan fingerprint density at radius 2 is 2.17 bits per heavy atom. The summed E-state index contributed by atoms with van der Waals surface area (Å²) >= 11 is 6.53. The van der Waals surface area contributed by atoms with E-state index >= 15 is 0 Å². The SMILES string of the molecule is CCCCOc1cccc2c1C(=O)OC2=C(Br)Br. The molecule has 0 spiro atoms. The normalized spacial score (nSPS) is 13.3. The van der Waals surface area contributed by atoms with Gasteiger partial charge in [0.05, 0.1) is 6.61 Å². The number of hydrogen-bond acceptors (Lipinski definition) is 3. The minimum absolute atomic E-state index is 0.372. The van der Waals surface area contributed by atoms with Crippen molar-refractivity contribution in [3.63, 3.8) is 0 Å². The third kappa shape index (κ3) is 2.62. The number of rotatable bonds is 4. The van der Waals surface area contributed by atoms with Crippen LogP contribution in [-0.4, -0.2) is 12.6 Å². The van der Waals surface area contributed by atoms with E-state index in [-0.39, 0.29) is 5.97 Å². The van der Waals surface area contributed by atoms with Crippen LogP contribution in [0.5, 0.6) is 5.75 Å². The predicted octanol–water partition coefficient (Wildman–Crippen LogP) is 4.45. The Kier molecular flexibility index (Phi) is 4.45. The monoisotopic (exact) mass is 374 g/mol. The molecule has 1 aromatic rings. The number of carbonyl (C=O) groups is 1. The van der Waals surface area contributed by atoms with Crippen molar-refractivity contribution < 1.29 is 14.3 Å². The molecule has 0 bridgehead atoms. The van der Waals surface area contributed by atoms with Crippen molar-refractivity contribution >= 4 is 43.6 Å².